The Labute approximate surface area is 108 Å². The number of rotatable bonds is 6. The van der Waals surface area contributed by atoms with Crippen LogP contribution in [0.15, 0.2) is 4.99 Å². The Morgan fingerprint density at radius 3 is 2.83 bits per heavy atom. The van der Waals surface area contributed by atoms with Crippen LogP contribution in [-0.4, -0.2) is 52.5 Å². The summed E-state index contributed by atoms with van der Waals surface area (Å²) < 4.78 is 27.1. The van der Waals surface area contributed by atoms with Crippen molar-refractivity contribution in [2.24, 2.45) is 10.1 Å². The van der Waals surface area contributed by atoms with Gasteiger partial charge < -0.3 is 15.4 Å². The lowest BCUT2D eigenvalue weighted by molar-refractivity contribution is 0.117. The number of aliphatic imine (C=N–C) groups is 1. The zero-order valence-corrected chi connectivity index (χ0v) is 11.5. The van der Waals surface area contributed by atoms with Gasteiger partial charge in [-0.25, -0.2) is 13.6 Å². The van der Waals surface area contributed by atoms with Gasteiger partial charge in [0.15, 0.2) is 5.96 Å². The lowest BCUT2D eigenvalue weighted by atomic mass is 10.2. The molecule has 7 nitrogen and oxygen atoms in total. The van der Waals surface area contributed by atoms with Crippen molar-refractivity contribution in [3.63, 3.8) is 0 Å². The minimum absolute atomic E-state index is 0.114. The summed E-state index contributed by atoms with van der Waals surface area (Å²) in [6.45, 7) is 4.30. The smallest absolute Gasteiger partial charge is 0.210 e. The normalized spacial score (nSPS) is 21.0. The lowest BCUT2D eigenvalue weighted by Crippen LogP contribution is -2.40. The summed E-state index contributed by atoms with van der Waals surface area (Å²) >= 11 is 0. The van der Waals surface area contributed by atoms with Crippen LogP contribution in [0.2, 0.25) is 0 Å². The molecule has 1 unspecified atom stereocenters. The fourth-order valence-corrected chi connectivity index (χ4v) is 2.02. The summed E-state index contributed by atoms with van der Waals surface area (Å²) in [7, 11) is -3.44. The van der Waals surface area contributed by atoms with Gasteiger partial charge in [0.1, 0.15) is 0 Å². The molecular formula is C10H22N4O3S. The second kappa shape index (κ2) is 7.55. The number of sulfonamides is 1. The summed E-state index contributed by atoms with van der Waals surface area (Å²) in [6.07, 6.45) is 2.29. The van der Waals surface area contributed by atoms with Gasteiger partial charge in [-0.15, -0.1) is 0 Å². The first-order chi connectivity index (χ1) is 8.51. The third-order valence-electron chi connectivity index (χ3n) is 2.50. The van der Waals surface area contributed by atoms with Gasteiger partial charge in [-0.05, 0) is 19.8 Å². The number of primary sulfonamides is 1. The molecule has 106 valence electrons. The molecule has 0 radical (unpaired) electrons. The second-order valence-corrected chi connectivity index (χ2v) is 5.88. The van der Waals surface area contributed by atoms with E-state index < -0.39 is 10.0 Å². The molecule has 0 aliphatic carbocycles. The van der Waals surface area contributed by atoms with E-state index in [4.69, 9.17) is 9.88 Å². The van der Waals surface area contributed by atoms with E-state index in [2.05, 4.69) is 15.6 Å². The number of hydrogen-bond donors (Lipinski definition) is 3. The molecule has 0 spiro atoms. The summed E-state index contributed by atoms with van der Waals surface area (Å²) in [4.78, 5) is 4.35. The molecule has 0 amide bonds. The van der Waals surface area contributed by atoms with Gasteiger partial charge in [-0.3, -0.25) is 4.99 Å². The Morgan fingerprint density at radius 2 is 2.28 bits per heavy atom. The molecule has 1 saturated heterocycles. The molecule has 0 bridgehead atoms. The number of guanidine groups is 1. The molecule has 8 heteroatoms. The van der Waals surface area contributed by atoms with Crippen LogP contribution in [0, 0.1) is 0 Å². The molecule has 0 aromatic carbocycles. The average Bonchev–Trinajstić information content (AvgIpc) is 2.77. The molecule has 0 aromatic rings. The van der Waals surface area contributed by atoms with Crippen LogP contribution in [0.5, 0.6) is 0 Å². The van der Waals surface area contributed by atoms with Gasteiger partial charge in [0, 0.05) is 19.7 Å². The van der Waals surface area contributed by atoms with Crippen LogP contribution < -0.4 is 15.8 Å². The molecule has 18 heavy (non-hydrogen) atoms. The Balaban J connectivity index is 2.35. The highest BCUT2D eigenvalue weighted by molar-refractivity contribution is 7.89. The van der Waals surface area contributed by atoms with E-state index >= 15 is 0 Å². The molecule has 1 rings (SSSR count). The van der Waals surface area contributed by atoms with E-state index in [1.165, 1.54) is 0 Å². The van der Waals surface area contributed by atoms with Crippen molar-refractivity contribution in [2.75, 3.05) is 32.0 Å². The van der Waals surface area contributed by atoms with Crippen molar-refractivity contribution in [1.29, 1.82) is 0 Å². The van der Waals surface area contributed by atoms with Crippen LogP contribution >= 0.6 is 0 Å². The topological polar surface area (TPSA) is 106 Å². The SMILES string of the molecule is CCNC(=NCC1CCCO1)NCCS(N)(=O)=O. The standard InChI is InChI=1S/C10H22N4O3S/c1-2-12-10(13-5-7-18(11,15)16)14-8-9-4-3-6-17-9/h9H,2-8H2,1H3,(H2,11,15,16)(H2,12,13,14). The quantitative estimate of drug-likeness (QED) is 0.427. The molecule has 0 aromatic heterocycles. The van der Waals surface area contributed by atoms with E-state index in [1.54, 1.807) is 0 Å². The Bertz CT molecular complexity index is 363. The molecule has 1 heterocycles. The zero-order valence-electron chi connectivity index (χ0n) is 10.7. The van der Waals surface area contributed by atoms with Gasteiger partial charge in [0.05, 0.1) is 18.4 Å². The minimum Gasteiger partial charge on any atom is -0.376 e. The van der Waals surface area contributed by atoms with Gasteiger partial charge >= 0.3 is 0 Å². The van der Waals surface area contributed by atoms with Crippen LogP contribution in [0.1, 0.15) is 19.8 Å². The highest BCUT2D eigenvalue weighted by Gasteiger charge is 2.14. The van der Waals surface area contributed by atoms with Crippen molar-refractivity contribution in [1.82, 2.24) is 10.6 Å². The first kappa shape index (κ1) is 15.2. The molecule has 0 saturated carbocycles. The number of ether oxygens (including phenoxy) is 1. The van der Waals surface area contributed by atoms with Gasteiger partial charge in [0.25, 0.3) is 0 Å². The van der Waals surface area contributed by atoms with Crippen LogP contribution in [-0.2, 0) is 14.8 Å². The fraction of sp³-hybridized carbons (Fsp3) is 0.900. The maximum atomic E-state index is 10.8. The fourth-order valence-electron chi connectivity index (χ4n) is 1.63. The van der Waals surface area contributed by atoms with E-state index in [1.807, 2.05) is 6.92 Å². The Morgan fingerprint density at radius 1 is 1.50 bits per heavy atom. The van der Waals surface area contributed by atoms with Crippen molar-refractivity contribution < 1.29 is 13.2 Å². The summed E-state index contributed by atoms with van der Waals surface area (Å²) in [6, 6.07) is 0. The molecule has 1 aliphatic heterocycles. The highest BCUT2D eigenvalue weighted by Crippen LogP contribution is 2.11. The van der Waals surface area contributed by atoms with Crippen molar-refractivity contribution in [3.05, 3.63) is 0 Å². The van der Waals surface area contributed by atoms with Crippen molar-refractivity contribution in [3.8, 4) is 0 Å². The van der Waals surface area contributed by atoms with E-state index in [0.717, 1.165) is 19.4 Å². The minimum atomic E-state index is -3.44. The Kier molecular flexibility index (Phi) is 6.37. The third kappa shape index (κ3) is 6.77. The third-order valence-corrected chi connectivity index (χ3v) is 3.27. The average molecular weight is 278 g/mol. The monoisotopic (exact) mass is 278 g/mol. The number of hydrogen-bond acceptors (Lipinski definition) is 4. The van der Waals surface area contributed by atoms with Gasteiger partial charge in [-0.2, -0.15) is 0 Å². The summed E-state index contributed by atoms with van der Waals surface area (Å²) in [5.74, 6) is 0.480. The first-order valence-electron chi connectivity index (χ1n) is 6.15. The predicted octanol–water partition coefficient (Wildman–Crippen LogP) is -0.991. The largest absolute Gasteiger partial charge is 0.376 e. The molecular weight excluding hydrogens is 256 g/mol. The van der Waals surface area contributed by atoms with Crippen LogP contribution in [0.3, 0.4) is 0 Å². The molecule has 1 aliphatic rings. The zero-order chi connectivity index (χ0) is 13.4. The van der Waals surface area contributed by atoms with E-state index in [-0.39, 0.29) is 18.4 Å². The Hall–Kier alpha value is -0.860. The number of nitrogens with two attached hydrogens (primary N) is 1. The van der Waals surface area contributed by atoms with Crippen LogP contribution in [0.4, 0.5) is 0 Å². The van der Waals surface area contributed by atoms with Crippen LogP contribution in [0.25, 0.3) is 0 Å². The van der Waals surface area contributed by atoms with Gasteiger partial charge in [0.2, 0.25) is 10.0 Å². The van der Waals surface area contributed by atoms with Gasteiger partial charge in [-0.1, -0.05) is 0 Å². The number of nitrogens with one attached hydrogen (secondary N) is 2. The lowest BCUT2D eigenvalue weighted by Gasteiger charge is -2.12. The number of nitrogens with zero attached hydrogens (tertiary/aromatic N) is 1. The van der Waals surface area contributed by atoms with E-state index in [9.17, 15) is 8.42 Å². The summed E-state index contributed by atoms with van der Waals surface area (Å²) in [5.41, 5.74) is 0. The molecule has 1 fully saturated rings. The summed E-state index contributed by atoms with van der Waals surface area (Å²) in [5, 5.41) is 10.9. The van der Waals surface area contributed by atoms with Crippen molar-refractivity contribution in [2.45, 2.75) is 25.9 Å². The highest BCUT2D eigenvalue weighted by atomic mass is 32.2. The maximum absolute atomic E-state index is 10.8. The predicted molar refractivity (Wildman–Crippen MR) is 70.9 cm³/mol. The molecule has 1 atom stereocenters. The van der Waals surface area contributed by atoms with E-state index in [0.29, 0.717) is 19.0 Å². The second-order valence-electron chi connectivity index (χ2n) is 4.15. The first-order valence-corrected chi connectivity index (χ1v) is 7.87. The maximum Gasteiger partial charge on any atom is 0.210 e. The van der Waals surface area contributed by atoms with Crippen molar-refractivity contribution >= 4 is 16.0 Å². The molecule has 4 N–H and O–H groups in total.